The number of hydrogen-bond donors (Lipinski definition) is 2. The molecule has 0 bridgehead atoms. The Morgan fingerprint density at radius 2 is 1.59 bits per heavy atom. The molecule has 0 amide bonds. The SMILES string of the molecule is CCn1cc(-c2ccc(Cl)cc2Cl)nc1/C=C/c1ccc(-c2ccc(-c3nc4cc(C(=O)O)ccc4[nH]3)cc2)cc1. The summed E-state index contributed by atoms with van der Waals surface area (Å²) in [7, 11) is 0. The molecular formula is C33H24Cl2N4O2. The molecule has 0 atom stereocenters. The Morgan fingerprint density at radius 1 is 0.878 bits per heavy atom. The third-order valence-corrected chi connectivity index (χ3v) is 7.46. The van der Waals surface area contributed by atoms with Crippen LogP contribution in [0.25, 0.3) is 57.0 Å². The van der Waals surface area contributed by atoms with Gasteiger partial charge in [0.05, 0.1) is 27.3 Å². The van der Waals surface area contributed by atoms with Gasteiger partial charge in [-0.3, -0.25) is 0 Å². The average molecular weight is 579 g/mol. The number of H-pyrrole nitrogens is 1. The van der Waals surface area contributed by atoms with E-state index in [0.29, 0.717) is 21.4 Å². The summed E-state index contributed by atoms with van der Waals surface area (Å²) in [5.74, 6) is 0.572. The lowest BCUT2D eigenvalue weighted by molar-refractivity contribution is 0.0697. The molecule has 0 radical (unpaired) electrons. The molecule has 4 aromatic carbocycles. The van der Waals surface area contributed by atoms with Gasteiger partial charge >= 0.3 is 5.97 Å². The van der Waals surface area contributed by atoms with Crippen molar-refractivity contribution in [3.8, 4) is 33.8 Å². The number of carbonyl (C=O) groups is 1. The van der Waals surface area contributed by atoms with Gasteiger partial charge in [-0.2, -0.15) is 0 Å². The van der Waals surface area contributed by atoms with Crippen LogP contribution < -0.4 is 0 Å². The molecule has 0 spiro atoms. The van der Waals surface area contributed by atoms with Gasteiger partial charge in [0.1, 0.15) is 11.6 Å². The zero-order chi connectivity index (χ0) is 28.5. The van der Waals surface area contributed by atoms with Crippen molar-refractivity contribution in [2.24, 2.45) is 0 Å². The van der Waals surface area contributed by atoms with E-state index in [1.54, 1.807) is 24.3 Å². The molecule has 0 unspecified atom stereocenters. The summed E-state index contributed by atoms with van der Waals surface area (Å²) in [6, 6.07) is 26.8. The summed E-state index contributed by atoms with van der Waals surface area (Å²) in [5.41, 5.74) is 7.45. The fraction of sp³-hybridized carbons (Fsp3) is 0.0606. The van der Waals surface area contributed by atoms with Crippen molar-refractivity contribution >= 4 is 52.4 Å². The molecular weight excluding hydrogens is 555 g/mol. The highest BCUT2D eigenvalue weighted by Crippen LogP contribution is 2.30. The summed E-state index contributed by atoms with van der Waals surface area (Å²) in [4.78, 5) is 23.9. The van der Waals surface area contributed by atoms with Crippen molar-refractivity contribution in [2.75, 3.05) is 0 Å². The fourth-order valence-corrected chi connectivity index (χ4v) is 5.20. The predicted octanol–water partition coefficient (Wildman–Crippen LogP) is 8.96. The number of benzene rings is 4. The van der Waals surface area contributed by atoms with Crippen molar-refractivity contribution < 1.29 is 9.90 Å². The van der Waals surface area contributed by atoms with E-state index < -0.39 is 5.97 Å². The van der Waals surface area contributed by atoms with Crippen LogP contribution in [0, 0.1) is 0 Å². The number of aryl methyl sites for hydroxylation is 1. The van der Waals surface area contributed by atoms with Crippen molar-refractivity contribution in [1.29, 1.82) is 0 Å². The Balaban J connectivity index is 1.18. The summed E-state index contributed by atoms with van der Waals surface area (Å²) < 4.78 is 2.08. The van der Waals surface area contributed by atoms with Crippen LogP contribution in [0.1, 0.15) is 28.7 Å². The number of aromatic nitrogens is 4. The second-order valence-electron chi connectivity index (χ2n) is 9.55. The van der Waals surface area contributed by atoms with Crippen LogP contribution in [0.15, 0.2) is 91.1 Å². The minimum atomic E-state index is -0.969. The molecule has 0 aliphatic heterocycles. The summed E-state index contributed by atoms with van der Waals surface area (Å²) >= 11 is 12.5. The number of nitrogens with one attached hydrogen (secondary N) is 1. The highest BCUT2D eigenvalue weighted by molar-refractivity contribution is 6.36. The number of rotatable bonds is 7. The Morgan fingerprint density at radius 3 is 2.27 bits per heavy atom. The van der Waals surface area contributed by atoms with Gasteiger partial charge < -0.3 is 14.7 Å². The molecule has 8 heteroatoms. The first kappa shape index (κ1) is 26.6. The normalized spacial score (nSPS) is 11.5. The first-order valence-electron chi connectivity index (χ1n) is 13.0. The molecule has 41 heavy (non-hydrogen) atoms. The quantitative estimate of drug-likeness (QED) is 0.198. The van der Waals surface area contributed by atoms with Crippen LogP contribution >= 0.6 is 23.2 Å². The number of carboxylic acids is 1. The van der Waals surface area contributed by atoms with E-state index in [2.05, 4.69) is 57.9 Å². The van der Waals surface area contributed by atoms with E-state index in [1.807, 2.05) is 42.6 Å². The van der Waals surface area contributed by atoms with Gasteiger partial charge in [-0.15, -0.1) is 0 Å². The topological polar surface area (TPSA) is 83.8 Å². The van der Waals surface area contributed by atoms with Gasteiger partial charge in [0.2, 0.25) is 0 Å². The number of fused-ring (bicyclic) bond motifs is 1. The Kier molecular flexibility index (Phi) is 7.18. The number of aromatic carboxylic acids is 1. The first-order valence-corrected chi connectivity index (χ1v) is 13.8. The van der Waals surface area contributed by atoms with Crippen LogP contribution in [0.3, 0.4) is 0 Å². The lowest BCUT2D eigenvalue weighted by Gasteiger charge is -2.04. The van der Waals surface area contributed by atoms with Crippen LogP contribution in [-0.4, -0.2) is 30.6 Å². The predicted molar refractivity (Wildman–Crippen MR) is 166 cm³/mol. The lowest BCUT2D eigenvalue weighted by Crippen LogP contribution is -1.94. The van der Waals surface area contributed by atoms with Crippen LogP contribution in [0.4, 0.5) is 0 Å². The molecule has 2 heterocycles. The van der Waals surface area contributed by atoms with Gasteiger partial charge in [-0.05, 0) is 66.1 Å². The van der Waals surface area contributed by atoms with Crippen LogP contribution in [0.5, 0.6) is 0 Å². The van der Waals surface area contributed by atoms with Crippen molar-refractivity contribution in [3.63, 3.8) is 0 Å². The molecule has 6 nitrogen and oxygen atoms in total. The molecule has 0 saturated carbocycles. The molecule has 0 saturated heterocycles. The standard InChI is InChI=1S/C33H24Cl2N4O2/c1-2-39-19-30(26-14-13-25(34)18-27(26)35)36-31(39)16-5-20-3-6-21(7-4-20)22-8-10-23(11-9-22)32-37-28-15-12-24(33(40)41)17-29(28)38-32/h3-19H,2H2,1H3,(H,37,38)(H,40,41)/b16-5+. The maximum absolute atomic E-state index is 11.3. The number of carboxylic acid groups (broad SMARTS) is 1. The lowest BCUT2D eigenvalue weighted by atomic mass is 10.0. The minimum Gasteiger partial charge on any atom is -0.478 e. The number of hydrogen-bond acceptors (Lipinski definition) is 3. The zero-order valence-corrected chi connectivity index (χ0v) is 23.5. The van der Waals surface area contributed by atoms with E-state index in [4.69, 9.17) is 28.2 Å². The smallest absolute Gasteiger partial charge is 0.335 e. The highest BCUT2D eigenvalue weighted by atomic mass is 35.5. The third kappa shape index (κ3) is 5.53. The second-order valence-corrected chi connectivity index (χ2v) is 10.4. The molecule has 2 N–H and O–H groups in total. The number of aromatic amines is 1. The van der Waals surface area contributed by atoms with E-state index in [0.717, 1.165) is 51.4 Å². The van der Waals surface area contributed by atoms with Gasteiger partial charge in [0.15, 0.2) is 0 Å². The molecule has 0 aliphatic carbocycles. The number of nitrogens with zero attached hydrogens (tertiary/aromatic N) is 3. The van der Waals surface area contributed by atoms with E-state index >= 15 is 0 Å². The average Bonchev–Trinajstić information content (AvgIpc) is 3.60. The first-order chi connectivity index (χ1) is 19.9. The fourth-order valence-electron chi connectivity index (χ4n) is 4.70. The maximum atomic E-state index is 11.3. The molecule has 6 rings (SSSR count). The highest BCUT2D eigenvalue weighted by Gasteiger charge is 2.11. The van der Waals surface area contributed by atoms with Gasteiger partial charge in [-0.1, -0.05) is 77.8 Å². The Hall–Kier alpha value is -4.65. The van der Waals surface area contributed by atoms with Gasteiger partial charge in [0.25, 0.3) is 0 Å². The molecule has 2 aromatic heterocycles. The van der Waals surface area contributed by atoms with Crippen molar-refractivity contribution in [3.05, 3.63) is 118 Å². The van der Waals surface area contributed by atoms with Gasteiger partial charge in [-0.25, -0.2) is 14.8 Å². The molecule has 0 aliphatic rings. The van der Waals surface area contributed by atoms with E-state index in [9.17, 15) is 9.90 Å². The van der Waals surface area contributed by atoms with E-state index in [-0.39, 0.29) is 5.56 Å². The monoisotopic (exact) mass is 578 g/mol. The minimum absolute atomic E-state index is 0.215. The second kappa shape index (κ2) is 11.1. The number of imidazole rings is 2. The third-order valence-electron chi connectivity index (χ3n) is 6.91. The molecule has 202 valence electrons. The largest absolute Gasteiger partial charge is 0.478 e. The zero-order valence-electron chi connectivity index (χ0n) is 22.0. The Bertz CT molecular complexity index is 1920. The molecule has 6 aromatic rings. The van der Waals surface area contributed by atoms with Crippen molar-refractivity contribution in [1.82, 2.24) is 19.5 Å². The maximum Gasteiger partial charge on any atom is 0.335 e. The Labute approximate surface area is 246 Å². The van der Waals surface area contributed by atoms with E-state index in [1.165, 1.54) is 0 Å². The van der Waals surface area contributed by atoms with Crippen molar-refractivity contribution in [2.45, 2.75) is 13.5 Å². The van der Waals surface area contributed by atoms with Crippen LogP contribution in [-0.2, 0) is 6.54 Å². The van der Waals surface area contributed by atoms with Crippen LogP contribution in [0.2, 0.25) is 10.0 Å². The number of halogens is 2. The summed E-state index contributed by atoms with van der Waals surface area (Å²) in [5, 5.41) is 10.4. The van der Waals surface area contributed by atoms with Gasteiger partial charge in [0, 0.05) is 28.9 Å². The molecule has 0 fully saturated rings. The summed E-state index contributed by atoms with van der Waals surface area (Å²) in [6.45, 7) is 2.86. The summed E-state index contributed by atoms with van der Waals surface area (Å²) in [6.07, 6.45) is 6.06.